The zero-order chi connectivity index (χ0) is 19.2. The molecule has 0 atom stereocenters. The van der Waals surface area contributed by atoms with E-state index >= 15 is 0 Å². The minimum absolute atomic E-state index is 0.165. The van der Waals surface area contributed by atoms with Crippen LogP contribution in [0.15, 0.2) is 47.4 Å². The molecule has 27 heavy (non-hydrogen) atoms. The van der Waals surface area contributed by atoms with E-state index in [1.165, 1.54) is 22.9 Å². The molecule has 1 N–H and O–H groups in total. The molecule has 0 bridgehead atoms. The van der Waals surface area contributed by atoms with Crippen LogP contribution in [0.25, 0.3) is 6.08 Å². The summed E-state index contributed by atoms with van der Waals surface area (Å²) in [4.78, 5) is 12.4. The van der Waals surface area contributed by atoms with Crippen molar-refractivity contribution in [3.05, 3.63) is 64.1 Å². The minimum atomic E-state index is -0.165. The first-order chi connectivity index (χ1) is 13.0. The van der Waals surface area contributed by atoms with Crippen molar-refractivity contribution >= 4 is 40.3 Å². The van der Waals surface area contributed by atoms with Gasteiger partial charge in [-0.25, -0.2) is 0 Å². The topological polar surface area (TPSA) is 47.6 Å². The third-order valence-electron chi connectivity index (χ3n) is 3.86. The van der Waals surface area contributed by atoms with E-state index < -0.39 is 0 Å². The zero-order valence-electron chi connectivity index (χ0n) is 15.3. The van der Waals surface area contributed by atoms with E-state index in [9.17, 15) is 4.79 Å². The molecule has 4 nitrogen and oxygen atoms in total. The number of hydrogen-bond acceptors (Lipinski definition) is 5. The summed E-state index contributed by atoms with van der Waals surface area (Å²) in [6, 6.07) is 13.8. The number of nitrogens with one attached hydrogen (secondary N) is 1. The molecule has 1 aliphatic rings. The SMILES string of the molecule is Cc1cc(C)cc(OCCCOc2ccccc2/C=C2\SC(=S)NC2=O)c1. The Kier molecular flexibility index (Phi) is 6.53. The van der Waals surface area contributed by atoms with Crippen molar-refractivity contribution in [2.24, 2.45) is 0 Å². The highest BCUT2D eigenvalue weighted by Crippen LogP contribution is 2.29. The molecule has 1 aliphatic heterocycles. The molecule has 0 aliphatic carbocycles. The lowest BCUT2D eigenvalue weighted by Crippen LogP contribution is -2.17. The van der Waals surface area contributed by atoms with Crippen LogP contribution in [-0.4, -0.2) is 23.4 Å². The fraction of sp³-hybridized carbons (Fsp3) is 0.238. The van der Waals surface area contributed by atoms with Crippen LogP contribution in [0.3, 0.4) is 0 Å². The summed E-state index contributed by atoms with van der Waals surface area (Å²) in [5.41, 5.74) is 3.24. The Morgan fingerprint density at radius 1 is 1.07 bits per heavy atom. The van der Waals surface area contributed by atoms with Crippen molar-refractivity contribution in [3.8, 4) is 11.5 Å². The van der Waals surface area contributed by atoms with Gasteiger partial charge in [0, 0.05) is 12.0 Å². The normalized spacial score (nSPS) is 15.1. The molecule has 6 heteroatoms. The summed E-state index contributed by atoms with van der Waals surface area (Å²) in [5.74, 6) is 1.46. The number of para-hydroxylation sites is 1. The smallest absolute Gasteiger partial charge is 0.263 e. The second kappa shape index (κ2) is 9.06. The molecular formula is C21H21NO3S2. The van der Waals surface area contributed by atoms with Crippen LogP contribution in [-0.2, 0) is 4.79 Å². The highest BCUT2D eigenvalue weighted by Gasteiger charge is 2.22. The highest BCUT2D eigenvalue weighted by molar-refractivity contribution is 8.26. The van der Waals surface area contributed by atoms with Crippen LogP contribution in [0.4, 0.5) is 0 Å². The van der Waals surface area contributed by atoms with E-state index in [2.05, 4.69) is 25.2 Å². The van der Waals surface area contributed by atoms with Gasteiger partial charge in [-0.05, 0) is 49.2 Å². The summed E-state index contributed by atoms with van der Waals surface area (Å²) < 4.78 is 12.2. The predicted octanol–water partition coefficient (Wildman–Crippen LogP) is 4.64. The molecule has 0 saturated carbocycles. The molecule has 0 aromatic heterocycles. The standard InChI is InChI=1S/C21H21NO3S2/c1-14-10-15(2)12-17(11-14)24-8-5-9-25-18-7-4-3-6-16(18)13-19-20(23)22-21(26)27-19/h3-4,6-7,10-13H,5,8-9H2,1-2H3,(H,22,23,26)/b19-13-. The first-order valence-electron chi connectivity index (χ1n) is 8.69. The van der Waals surface area contributed by atoms with Crippen molar-refractivity contribution in [1.29, 1.82) is 0 Å². The maximum absolute atomic E-state index is 11.8. The third kappa shape index (κ3) is 5.58. The van der Waals surface area contributed by atoms with E-state index in [0.29, 0.717) is 22.4 Å². The molecule has 1 fully saturated rings. The number of hydrogen-bond donors (Lipinski definition) is 1. The molecule has 2 aromatic rings. The summed E-state index contributed by atoms with van der Waals surface area (Å²) in [6.07, 6.45) is 2.57. The van der Waals surface area contributed by atoms with Crippen LogP contribution >= 0.6 is 24.0 Å². The fourth-order valence-corrected chi connectivity index (χ4v) is 3.78. The molecule has 2 aromatic carbocycles. The van der Waals surface area contributed by atoms with E-state index in [-0.39, 0.29) is 5.91 Å². The number of amides is 1. The number of aryl methyl sites for hydroxylation is 2. The second-order valence-corrected chi connectivity index (χ2v) is 7.98. The molecule has 1 saturated heterocycles. The van der Waals surface area contributed by atoms with Gasteiger partial charge in [0.2, 0.25) is 0 Å². The van der Waals surface area contributed by atoms with E-state index in [1.54, 1.807) is 6.08 Å². The molecule has 0 spiro atoms. The molecule has 140 valence electrons. The lowest BCUT2D eigenvalue weighted by Gasteiger charge is -2.11. The van der Waals surface area contributed by atoms with Gasteiger partial charge < -0.3 is 14.8 Å². The second-order valence-electron chi connectivity index (χ2n) is 6.26. The van der Waals surface area contributed by atoms with Crippen LogP contribution in [0, 0.1) is 13.8 Å². The maximum atomic E-state index is 11.8. The Balaban J connectivity index is 1.53. The molecular weight excluding hydrogens is 378 g/mol. The van der Waals surface area contributed by atoms with Gasteiger partial charge in [0.25, 0.3) is 5.91 Å². The van der Waals surface area contributed by atoms with Gasteiger partial charge in [0.05, 0.1) is 18.1 Å². The van der Waals surface area contributed by atoms with E-state index in [0.717, 1.165) is 23.5 Å². The average molecular weight is 400 g/mol. The Labute approximate surface area is 168 Å². The number of thiocarbonyl (C=S) groups is 1. The molecule has 1 heterocycles. The Morgan fingerprint density at radius 2 is 1.78 bits per heavy atom. The van der Waals surface area contributed by atoms with Crippen molar-refractivity contribution in [3.63, 3.8) is 0 Å². The summed E-state index contributed by atoms with van der Waals surface area (Å²) >= 11 is 6.29. The maximum Gasteiger partial charge on any atom is 0.263 e. The number of rotatable bonds is 7. The lowest BCUT2D eigenvalue weighted by molar-refractivity contribution is -0.115. The third-order valence-corrected chi connectivity index (χ3v) is 5.02. The monoisotopic (exact) mass is 399 g/mol. The van der Waals surface area contributed by atoms with Gasteiger partial charge in [0.1, 0.15) is 15.8 Å². The van der Waals surface area contributed by atoms with Crippen molar-refractivity contribution in [1.82, 2.24) is 5.32 Å². The summed E-state index contributed by atoms with van der Waals surface area (Å²) in [5, 5.41) is 2.62. The first kappa shape index (κ1) is 19.5. The van der Waals surface area contributed by atoms with Gasteiger partial charge >= 0.3 is 0 Å². The minimum Gasteiger partial charge on any atom is -0.493 e. The Bertz CT molecular complexity index is 872. The van der Waals surface area contributed by atoms with Crippen molar-refractivity contribution in [2.45, 2.75) is 20.3 Å². The fourth-order valence-electron chi connectivity index (χ4n) is 2.74. The highest BCUT2D eigenvalue weighted by atomic mass is 32.2. The molecule has 3 rings (SSSR count). The quantitative estimate of drug-likeness (QED) is 0.418. The van der Waals surface area contributed by atoms with Crippen LogP contribution in [0.1, 0.15) is 23.1 Å². The summed E-state index contributed by atoms with van der Waals surface area (Å²) in [6.45, 7) is 5.23. The molecule has 0 radical (unpaired) electrons. The van der Waals surface area contributed by atoms with Crippen molar-refractivity contribution in [2.75, 3.05) is 13.2 Å². The Hall–Kier alpha value is -2.31. The van der Waals surface area contributed by atoms with Crippen molar-refractivity contribution < 1.29 is 14.3 Å². The number of ether oxygens (including phenoxy) is 2. The average Bonchev–Trinajstić information content (AvgIpc) is 2.92. The first-order valence-corrected chi connectivity index (χ1v) is 9.91. The van der Waals surface area contributed by atoms with Gasteiger partial charge in [0.15, 0.2) is 0 Å². The number of carbonyl (C=O) groups excluding carboxylic acids is 1. The zero-order valence-corrected chi connectivity index (χ0v) is 16.9. The van der Waals surface area contributed by atoms with Gasteiger partial charge in [-0.3, -0.25) is 4.79 Å². The molecule has 0 unspecified atom stereocenters. The number of carbonyl (C=O) groups is 1. The molecule has 1 amide bonds. The summed E-state index contributed by atoms with van der Waals surface area (Å²) in [7, 11) is 0. The number of thioether (sulfide) groups is 1. The van der Waals surface area contributed by atoms with Crippen LogP contribution < -0.4 is 14.8 Å². The van der Waals surface area contributed by atoms with Gasteiger partial charge in [-0.2, -0.15) is 0 Å². The van der Waals surface area contributed by atoms with E-state index in [1.807, 2.05) is 36.4 Å². The van der Waals surface area contributed by atoms with Crippen LogP contribution in [0.2, 0.25) is 0 Å². The Morgan fingerprint density at radius 3 is 2.48 bits per heavy atom. The largest absolute Gasteiger partial charge is 0.493 e. The van der Waals surface area contributed by atoms with E-state index in [4.69, 9.17) is 21.7 Å². The van der Waals surface area contributed by atoms with Gasteiger partial charge in [-0.15, -0.1) is 0 Å². The van der Waals surface area contributed by atoms with Gasteiger partial charge in [-0.1, -0.05) is 48.2 Å². The van der Waals surface area contributed by atoms with Crippen LogP contribution in [0.5, 0.6) is 11.5 Å². The predicted molar refractivity (Wildman–Crippen MR) is 114 cm³/mol. The number of benzene rings is 2. The lowest BCUT2D eigenvalue weighted by atomic mass is 10.1.